The molecule has 0 atom stereocenters. The SMILES string of the molecule is Cc1cccc(NC(=O)C2(C(=O)NCc3ccccc3Cl)CC2)c1C. The van der Waals surface area contributed by atoms with Gasteiger partial charge in [-0.05, 0) is 55.5 Å². The summed E-state index contributed by atoms with van der Waals surface area (Å²) in [6, 6.07) is 13.1. The third-order valence-corrected chi connectivity index (χ3v) is 5.24. The fourth-order valence-corrected chi connectivity index (χ4v) is 3.00. The molecule has 25 heavy (non-hydrogen) atoms. The standard InChI is InChI=1S/C20H21ClN2O2/c1-13-6-5-9-17(14(13)2)23-19(25)20(10-11-20)18(24)22-12-15-7-3-4-8-16(15)21/h3-9H,10-12H2,1-2H3,(H,22,24)(H,23,25). The van der Waals surface area contributed by atoms with Crippen LogP contribution in [0, 0.1) is 19.3 Å². The lowest BCUT2D eigenvalue weighted by Crippen LogP contribution is -2.39. The quantitative estimate of drug-likeness (QED) is 0.796. The number of amides is 2. The molecule has 0 saturated heterocycles. The minimum atomic E-state index is -0.961. The van der Waals surface area contributed by atoms with Crippen molar-refractivity contribution in [1.82, 2.24) is 5.32 Å². The third-order valence-electron chi connectivity index (χ3n) is 4.87. The maximum absolute atomic E-state index is 12.7. The largest absolute Gasteiger partial charge is 0.351 e. The molecule has 0 aliphatic heterocycles. The van der Waals surface area contributed by atoms with E-state index in [1.807, 2.05) is 50.2 Å². The van der Waals surface area contributed by atoms with Crippen molar-refractivity contribution in [3.8, 4) is 0 Å². The molecule has 5 heteroatoms. The summed E-state index contributed by atoms with van der Waals surface area (Å²) in [6.07, 6.45) is 1.14. The van der Waals surface area contributed by atoms with Gasteiger partial charge in [0.05, 0.1) is 0 Å². The van der Waals surface area contributed by atoms with Gasteiger partial charge in [-0.1, -0.05) is 41.9 Å². The molecule has 1 fully saturated rings. The molecule has 1 aliphatic rings. The van der Waals surface area contributed by atoms with Crippen molar-refractivity contribution in [2.24, 2.45) is 5.41 Å². The lowest BCUT2D eigenvalue weighted by atomic mass is 10.0. The average Bonchev–Trinajstić information content (AvgIpc) is 3.40. The summed E-state index contributed by atoms with van der Waals surface area (Å²) in [4.78, 5) is 25.3. The number of hydrogen-bond donors (Lipinski definition) is 2. The van der Waals surface area contributed by atoms with E-state index in [2.05, 4.69) is 10.6 Å². The molecular weight excluding hydrogens is 336 g/mol. The molecule has 0 heterocycles. The van der Waals surface area contributed by atoms with Crippen LogP contribution in [0.1, 0.15) is 29.5 Å². The molecule has 0 radical (unpaired) electrons. The molecule has 1 saturated carbocycles. The molecule has 0 bridgehead atoms. The van der Waals surface area contributed by atoms with Gasteiger partial charge in [0, 0.05) is 17.3 Å². The normalized spacial score (nSPS) is 14.7. The molecule has 2 amide bonds. The first kappa shape index (κ1) is 17.5. The lowest BCUT2D eigenvalue weighted by molar-refractivity contribution is -0.134. The Bertz CT molecular complexity index is 828. The van der Waals surface area contributed by atoms with Crippen LogP contribution in [0.15, 0.2) is 42.5 Å². The van der Waals surface area contributed by atoms with Gasteiger partial charge >= 0.3 is 0 Å². The van der Waals surface area contributed by atoms with Gasteiger partial charge in [0.15, 0.2) is 0 Å². The first-order valence-corrected chi connectivity index (χ1v) is 8.71. The molecule has 0 unspecified atom stereocenters. The van der Waals surface area contributed by atoms with E-state index < -0.39 is 5.41 Å². The Hall–Kier alpha value is -2.33. The molecule has 2 aromatic carbocycles. The highest BCUT2D eigenvalue weighted by atomic mass is 35.5. The molecule has 1 aliphatic carbocycles. The van der Waals surface area contributed by atoms with Crippen molar-refractivity contribution in [2.75, 3.05) is 5.32 Å². The molecule has 2 N–H and O–H groups in total. The molecule has 0 spiro atoms. The minimum Gasteiger partial charge on any atom is -0.351 e. The number of nitrogens with one attached hydrogen (secondary N) is 2. The van der Waals surface area contributed by atoms with Crippen molar-refractivity contribution < 1.29 is 9.59 Å². The zero-order chi connectivity index (χ0) is 18.0. The number of benzene rings is 2. The van der Waals surface area contributed by atoms with Crippen molar-refractivity contribution in [2.45, 2.75) is 33.2 Å². The fraction of sp³-hybridized carbons (Fsp3) is 0.300. The van der Waals surface area contributed by atoms with E-state index in [0.29, 0.717) is 24.4 Å². The summed E-state index contributed by atoms with van der Waals surface area (Å²) >= 11 is 6.11. The van der Waals surface area contributed by atoms with E-state index in [9.17, 15) is 9.59 Å². The molecule has 0 aromatic heterocycles. The Morgan fingerprint density at radius 2 is 1.76 bits per heavy atom. The number of aryl methyl sites for hydroxylation is 1. The fourth-order valence-electron chi connectivity index (χ4n) is 2.80. The number of anilines is 1. The van der Waals surface area contributed by atoms with E-state index in [1.165, 1.54) is 0 Å². The van der Waals surface area contributed by atoms with Gasteiger partial charge in [0.2, 0.25) is 11.8 Å². The van der Waals surface area contributed by atoms with E-state index >= 15 is 0 Å². The van der Waals surface area contributed by atoms with Crippen LogP contribution in [0.3, 0.4) is 0 Å². The van der Waals surface area contributed by atoms with Gasteiger partial charge in [0.1, 0.15) is 5.41 Å². The van der Waals surface area contributed by atoms with Crippen LogP contribution < -0.4 is 10.6 Å². The van der Waals surface area contributed by atoms with Crippen LogP contribution >= 0.6 is 11.6 Å². The summed E-state index contributed by atoms with van der Waals surface area (Å²) in [7, 11) is 0. The zero-order valence-electron chi connectivity index (χ0n) is 14.4. The van der Waals surface area contributed by atoms with Crippen molar-refractivity contribution in [3.63, 3.8) is 0 Å². The van der Waals surface area contributed by atoms with Crippen molar-refractivity contribution in [3.05, 3.63) is 64.2 Å². The topological polar surface area (TPSA) is 58.2 Å². The molecular formula is C20H21ClN2O2. The summed E-state index contributed by atoms with van der Waals surface area (Å²) < 4.78 is 0. The van der Waals surface area contributed by atoms with Crippen LogP contribution in [0.25, 0.3) is 0 Å². The summed E-state index contributed by atoms with van der Waals surface area (Å²) in [5, 5.41) is 6.37. The van der Waals surface area contributed by atoms with E-state index in [0.717, 1.165) is 22.4 Å². The maximum Gasteiger partial charge on any atom is 0.240 e. The summed E-state index contributed by atoms with van der Waals surface area (Å²) in [5.41, 5.74) is 2.75. The van der Waals surface area contributed by atoms with Crippen LogP contribution in [-0.4, -0.2) is 11.8 Å². The van der Waals surface area contributed by atoms with Gasteiger partial charge < -0.3 is 10.6 Å². The van der Waals surface area contributed by atoms with Gasteiger partial charge in [-0.25, -0.2) is 0 Å². The van der Waals surface area contributed by atoms with Crippen molar-refractivity contribution in [1.29, 1.82) is 0 Å². The van der Waals surface area contributed by atoms with Crippen molar-refractivity contribution >= 4 is 29.1 Å². The number of carbonyl (C=O) groups is 2. The second-order valence-corrected chi connectivity index (χ2v) is 6.96. The molecule has 130 valence electrons. The van der Waals surface area contributed by atoms with E-state index in [4.69, 9.17) is 11.6 Å². The predicted octanol–water partition coefficient (Wildman–Crippen LogP) is 3.99. The van der Waals surface area contributed by atoms with Crippen LogP contribution in [0.4, 0.5) is 5.69 Å². The van der Waals surface area contributed by atoms with Crippen LogP contribution in [0.2, 0.25) is 5.02 Å². The Morgan fingerprint density at radius 1 is 1.04 bits per heavy atom. The van der Waals surface area contributed by atoms with Crippen LogP contribution in [-0.2, 0) is 16.1 Å². The molecule has 4 nitrogen and oxygen atoms in total. The lowest BCUT2D eigenvalue weighted by Gasteiger charge is -2.17. The minimum absolute atomic E-state index is 0.238. The Morgan fingerprint density at radius 3 is 2.44 bits per heavy atom. The average molecular weight is 357 g/mol. The summed E-state index contributed by atoms with van der Waals surface area (Å²) in [5.74, 6) is -0.479. The highest BCUT2D eigenvalue weighted by molar-refractivity contribution is 6.31. The number of hydrogen-bond acceptors (Lipinski definition) is 2. The Labute approximate surface area is 152 Å². The van der Waals surface area contributed by atoms with Gasteiger partial charge in [-0.2, -0.15) is 0 Å². The van der Waals surface area contributed by atoms with Gasteiger partial charge in [0.25, 0.3) is 0 Å². The van der Waals surface area contributed by atoms with E-state index in [1.54, 1.807) is 6.07 Å². The van der Waals surface area contributed by atoms with Crippen LogP contribution in [0.5, 0.6) is 0 Å². The maximum atomic E-state index is 12.7. The predicted molar refractivity (Wildman–Crippen MR) is 99.5 cm³/mol. The second-order valence-electron chi connectivity index (χ2n) is 6.56. The Balaban J connectivity index is 1.67. The van der Waals surface area contributed by atoms with Gasteiger partial charge in [-0.15, -0.1) is 0 Å². The molecule has 2 aromatic rings. The number of carbonyl (C=O) groups excluding carboxylic acids is 2. The monoisotopic (exact) mass is 356 g/mol. The first-order chi connectivity index (χ1) is 11.9. The summed E-state index contributed by atoms with van der Waals surface area (Å²) in [6.45, 7) is 4.27. The zero-order valence-corrected chi connectivity index (χ0v) is 15.1. The second kappa shape index (κ2) is 6.89. The number of halogens is 1. The van der Waals surface area contributed by atoms with Gasteiger partial charge in [-0.3, -0.25) is 9.59 Å². The molecule has 3 rings (SSSR count). The number of rotatable bonds is 5. The highest BCUT2D eigenvalue weighted by Gasteiger charge is 2.56. The third kappa shape index (κ3) is 3.54. The smallest absolute Gasteiger partial charge is 0.240 e. The highest BCUT2D eigenvalue weighted by Crippen LogP contribution is 2.47. The van der Waals surface area contributed by atoms with E-state index in [-0.39, 0.29) is 11.8 Å². The Kier molecular flexibility index (Phi) is 4.82. The first-order valence-electron chi connectivity index (χ1n) is 8.33.